The lowest BCUT2D eigenvalue weighted by Crippen LogP contribution is -2.38. The van der Waals surface area contributed by atoms with Gasteiger partial charge in [-0.2, -0.15) is 0 Å². The zero-order valence-electron chi connectivity index (χ0n) is 16.5. The Bertz CT molecular complexity index is 1180. The molecule has 1 aromatic heterocycles. The first-order valence-electron chi connectivity index (χ1n) is 9.46. The normalized spacial score (nSPS) is 14.8. The van der Waals surface area contributed by atoms with E-state index < -0.39 is 17.8 Å². The number of nitrogens with one attached hydrogen (secondary N) is 2. The van der Waals surface area contributed by atoms with Gasteiger partial charge in [-0.3, -0.25) is 9.59 Å². The predicted octanol–water partition coefficient (Wildman–Crippen LogP) is 4.91. The first-order valence-corrected chi connectivity index (χ1v) is 10.7. The van der Waals surface area contributed by atoms with E-state index in [0.29, 0.717) is 10.7 Å². The van der Waals surface area contributed by atoms with Crippen LogP contribution in [-0.4, -0.2) is 29.3 Å². The third-order valence-electron chi connectivity index (χ3n) is 4.64. The van der Waals surface area contributed by atoms with Crippen LogP contribution in [0.1, 0.15) is 10.4 Å². The van der Waals surface area contributed by atoms with E-state index in [4.69, 9.17) is 11.6 Å². The third-order valence-corrected chi connectivity index (χ3v) is 5.97. The highest BCUT2D eigenvalue weighted by Crippen LogP contribution is 2.30. The van der Waals surface area contributed by atoms with Gasteiger partial charge in [0.1, 0.15) is 12.2 Å². The lowest BCUT2D eigenvalue weighted by Gasteiger charge is -2.11. The van der Waals surface area contributed by atoms with Gasteiger partial charge in [-0.1, -0.05) is 41.4 Å². The van der Waals surface area contributed by atoms with Crippen LogP contribution in [0.3, 0.4) is 0 Å². The van der Waals surface area contributed by atoms with Gasteiger partial charge in [0.2, 0.25) is 5.91 Å². The van der Waals surface area contributed by atoms with Crippen LogP contribution < -0.4 is 10.6 Å². The smallest absolute Gasteiger partial charge is 0.325 e. The number of urea groups is 1. The Hall–Kier alpha value is -3.42. The number of hydrogen-bond donors (Lipinski definition) is 2. The second-order valence-corrected chi connectivity index (χ2v) is 8.55. The van der Waals surface area contributed by atoms with Crippen molar-refractivity contribution in [3.8, 4) is 10.4 Å². The van der Waals surface area contributed by atoms with Crippen LogP contribution in [0.25, 0.3) is 16.5 Å². The molecule has 0 unspecified atom stereocenters. The van der Waals surface area contributed by atoms with Crippen molar-refractivity contribution in [1.29, 1.82) is 0 Å². The fourth-order valence-electron chi connectivity index (χ4n) is 3.04. The molecule has 0 atom stereocenters. The molecule has 6 nitrogen and oxygen atoms in total. The number of benzene rings is 2. The minimum atomic E-state index is -0.627. The number of hydrogen-bond acceptors (Lipinski definition) is 4. The Labute approximate surface area is 188 Å². The van der Waals surface area contributed by atoms with Crippen molar-refractivity contribution in [2.45, 2.75) is 6.92 Å². The molecule has 2 N–H and O–H groups in total. The zero-order chi connectivity index (χ0) is 22.0. The van der Waals surface area contributed by atoms with Gasteiger partial charge in [0.15, 0.2) is 0 Å². The minimum absolute atomic E-state index is 0.140. The molecule has 8 heteroatoms. The second kappa shape index (κ2) is 8.75. The number of imide groups is 1. The topological polar surface area (TPSA) is 78.5 Å². The lowest BCUT2D eigenvalue weighted by molar-refractivity contribution is -0.127. The number of anilines is 1. The molecule has 4 amide bonds. The van der Waals surface area contributed by atoms with Crippen molar-refractivity contribution < 1.29 is 14.4 Å². The molecule has 1 saturated heterocycles. The minimum Gasteiger partial charge on any atom is -0.325 e. The first kappa shape index (κ1) is 20.8. The molecule has 4 rings (SSSR count). The van der Waals surface area contributed by atoms with E-state index in [-0.39, 0.29) is 12.2 Å². The van der Waals surface area contributed by atoms with Crippen LogP contribution in [-0.2, 0) is 9.59 Å². The van der Waals surface area contributed by atoms with Crippen LogP contribution >= 0.6 is 22.9 Å². The summed E-state index contributed by atoms with van der Waals surface area (Å²) in [4.78, 5) is 39.9. The molecule has 156 valence electrons. The molecular weight excluding hydrogens is 434 g/mol. The van der Waals surface area contributed by atoms with Crippen LogP contribution in [0.4, 0.5) is 10.5 Å². The Morgan fingerprint density at radius 3 is 2.48 bits per heavy atom. The van der Waals surface area contributed by atoms with Crippen molar-refractivity contribution in [2.24, 2.45) is 0 Å². The number of aryl methyl sites for hydroxylation is 1. The molecule has 1 fully saturated rings. The summed E-state index contributed by atoms with van der Waals surface area (Å²) in [7, 11) is 0. The van der Waals surface area contributed by atoms with E-state index >= 15 is 0 Å². The van der Waals surface area contributed by atoms with Crippen LogP contribution in [0.5, 0.6) is 0 Å². The number of rotatable bonds is 5. The van der Waals surface area contributed by atoms with Gasteiger partial charge in [0.25, 0.3) is 5.91 Å². The Balaban J connectivity index is 1.44. The molecule has 0 saturated carbocycles. The predicted molar refractivity (Wildman–Crippen MR) is 123 cm³/mol. The average molecular weight is 452 g/mol. The number of thiophene rings is 1. The maximum absolute atomic E-state index is 12.6. The van der Waals surface area contributed by atoms with Crippen molar-refractivity contribution in [1.82, 2.24) is 10.2 Å². The highest BCUT2D eigenvalue weighted by molar-refractivity contribution is 7.16. The van der Waals surface area contributed by atoms with E-state index in [1.54, 1.807) is 30.3 Å². The number of carbonyl (C=O) groups excluding carboxylic acids is 3. The van der Waals surface area contributed by atoms with E-state index in [1.807, 2.05) is 43.3 Å². The molecule has 0 aliphatic carbocycles. The van der Waals surface area contributed by atoms with Gasteiger partial charge in [-0.05, 0) is 55.0 Å². The Kier molecular flexibility index (Phi) is 5.88. The Morgan fingerprint density at radius 1 is 1.06 bits per heavy atom. The van der Waals surface area contributed by atoms with Crippen molar-refractivity contribution >= 4 is 52.5 Å². The number of carbonyl (C=O) groups is 3. The quantitative estimate of drug-likeness (QED) is 0.427. The van der Waals surface area contributed by atoms with Crippen LogP contribution in [0, 0.1) is 6.92 Å². The van der Waals surface area contributed by atoms with Crippen LogP contribution in [0.2, 0.25) is 5.02 Å². The van der Waals surface area contributed by atoms with E-state index in [2.05, 4.69) is 10.6 Å². The highest BCUT2D eigenvalue weighted by Gasteiger charge is 2.35. The highest BCUT2D eigenvalue weighted by atomic mass is 35.5. The van der Waals surface area contributed by atoms with Crippen molar-refractivity contribution in [3.05, 3.63) is 81.8 Å². The van der Waals surface area contributed by atoms with Gasteiger partial charge in [0, 0.05) is 20.5 Å². The summed E-state index contributed by atoms with van der Waals surface area (Å²) in [6.45, 7) is 1.65. The fourth-order valence-corrected chi connectivity index (χ4v) is 4.12. The summed E-state index contributed by atoms with van der Waals surface area (Å²) in [5.41, 5.74) is 2.94. The number of nitrogens with zero attached hydrogens (tertiary/aromatic N) is 1. The van der Waals surface area contributed by atoms with Gasteiger partial charge < -0.3 is 10.6 Å². The first-order chi connectivity index (χ1) is 14.9. The van der Waals surface area contributed by atoms with Gasteiger partial charge in [0.05, 0.1) is 0 Å². The molecule has 0 bridgehead atoms. The summed E-state index contributed by atoms with van der Waals surface area (Å²) >= 11 is 7.34. The standard InChI is InChI=1S/C23H18ClN3O3S/c1-14-2-4-15(5-3-14)20-11-10-18(31-20)12-19-22(29)27(23(30)26-19)13-21(28)25-17-8-6-16(24)7-9-17/h2-12H,13H2,1H3,(H,25,28)(H,26,30)/b19-12-. The van der Waals surface area contributed by atoms with Gasteiger partial charge in [-0.15, -0.1) is 11.3 Å². The molecule has 3 aromatic rings. The third kappa shape index (κ3) is 4.84. The molecular formula is C23H18ClN3O3S. The zero-order valence-corrected chi connectivity index (χ0v) is 18.1. The molecule has 2 heterocycles. The molecule has 0 radical (unpaired) electrons. The maximum atomic E-state index is 12.6. The summed E-state index contributed by atoms with van der Waals surface area (Å²) < 4.78 is 0. The fraction of sp³-hybridized carbons (Fsp3) is 0.0870. The maximum Gasteiger partial charge on any atom is 0.329 e. The van der Waals surface area contributed by atoms with E-state index in [1.165, 1.54) is 16.9 Å². The SMILES string of the molecule is Cc1ccc(-c2ccc(/C=C3\NC(=O)N(CC(=O)Nc4ccc(Cl)cc4)C3=O)s2)cc1. The van der Waals surface area contributed by atoms with E-state index in [0.717, 1.165) is 20.2 Å². The second-order valence-electron chi connectivity index (χ2n) is 7.00. The van der Waals surface area contributed by atoms with Crippen molar-refractivity contribution in [3.63, 3.8) is 0 Å². The summed E-state index contributed by atoms with van der Waals surface area (Å²) in [5, 5.41) is 5.72. The largest absolute Gasteiger partial charge is 0.329 e. The van der Waals surface area contributed by atoms with Crippen molar-refractivity contribution in [2.75, 3.05) is 11.9 Å². The molecule has 31 heavy (non-hydrogen) atoms. The Morgan fingerprint density at radius 2 is 1.77 bits per heavy atom. The summed E-state index contributed by atoms with van der Waals surface area (Å²) in [6.07, 6.45) is 1.62. The van der Waals surface area contributed by atoms with Gasteiger partial charge >= 0.3 is 6.03 Å². The molecule has 0 spiro atoms. The summed E-state index contributed by atoms with van der Waals surface area (Å²) in [6, 6.07) is 18.0. The molecule has 1 aliphatic heterocycles. The van der Waals surface area contributed by atoms with Gasteiger partial charge in [-0.25, -0.2) is 9.69 Å². The van der Waals surface area contributed by atoms with E-state index in [9.17, 15) is 14.4 Å². The molecule has 2 aromatic carbocycles. The number of amides is 4. The number of halogens is 1. The summed E-state index contributed by atoms with van der Waals surface area (Å²) in [5.74, 6) is -1.02. The monoisotopic (exact) mass is 451 g/mol. The molecule has 1 aliphatic rings. The van der Waals surface area contributed by atoms with Crippen LogP contribution in [0.15, 0.2) is 66.4 Å². The average Bonchev–Trinajstić information content (AvgIpc) is 3.31. The lowest BCUT2D eigenvalue weighted by atomic mass is 10.1.